The van der Waals surface area contributed by atoms with Crippen LogP contribution in [0.1, 0.15) is 11.1 Å². The highest BCUT2D eigenvalue weighted by atomic mass is 14.8. The molecule has 0 radical (unpaired) electrons. The molecule has 3 rings (SSSR count). The third kappa shape index (κ3) is 2.59. The summed E-state index contributed by atoms with van der Waals surface area (Å²) >= 11 is 0. The topological polar surface area (TPSA) is 25.8 Å². The van der Waals surface area contributed by atoms with E-state index in [0.717, 1.165) is 22.5 Å². The van der Waals surface area contributed by atoms with Crippen LogP contribution in [0.2, 0.25) is 0 Å². The Morgan fingerprint density at radius 1 is 0.650 bits per heavy atom. The number of aryl methyl sites for hydroxylation is 2. The second kappa shape index (κ2) is 5.25. The molecule has 1 aromatic heterocycles. The summed E-state index contributed by atoms with van der Waals surface area (Å²) in [7, 11) is 0. The molecule has 0 fully saturated rings. The van der Waals surface area contributed by atoms with Gasteiger partial charge in [0.15, 0.2) is 0 Å². The molecule has 20 heavy (non-hydrogen) atoms. The van der Waals surface area contributed by atoms with Crippen molar-refractivity contribution in [2.75, 3.05) is 0 Å². The van der Waals surface area contributed by atoms with Gasteiger partial charge in [0.05, 0.1) is 11.4 Å². The summed E-state index contributed by atoms with van der Waals surface area (Å²) in [4.78, 5) is 8.78. The smallest absolute Gasteiger partial charge is 0.116 e. The average Bonchev–Trinajstić information content (AvgIpc) is 2.47. The largest absolute Gasteiger partial charge is 0.236 e. The number of hydrogen-bond acceptors (Lipinski definition) is 2. The van der Waals surface area contributed by atoms with Crippen LogP contribution in [0, 0.1) is 13.8 Å². The van der Waals surface area contributed by atoms with Gasteiger partial charge in [-0.1, -0.05) is 47.5 Å². The molecule has 0 saturated heterocycles. The van der Waals surface area contributed by atoms with Gasteiger partial charge in [-0.05, 0) is 32.0 Å². The predicted molar refractivity (Wildman–Crippen MR) is 82.4 cm³/mol. The molecule has 1 heterocycles. The minimum absolute atomic E-state index is 0.953. The Morgan fingerprint density at radius 3 is 1.90 bits per heavy atom. The van der Waals surface area contributed by atoms with Crippen LogP contribution in [-0.2, 0) is 0 Å². The van der Waals surface area contributed by atoms with E-state index in [1.54, 1.807) is 6.33 Å². The van der Waals surface area contributed by atoms with Gasteiger partial charge in [0.25, 0.3) is 0 Å². The summed E-state index contributed by atoms with van der Waals surface area (Å²) in [6.45, 7) is 4.21. The maximum Gasteiger partial charge on any atom is 0.116 e. The zero-order valence-electron chi connectivity index (χ0n) is 11.7. The molecule has 2 heteroatoms. The van der Waals surface area contributed by atoms with Crippen molar-refractivity contribution in [1.82, 2.24) is 9.97 Å². The molecule has 2 aromatic carbocycles. The maximum absolute atomic E-state index is 4.41. The fourth-order valence-electron chi connectivity index (χ4n) is 2.40. The summed E-state index contributed by atoms with van der Waals surface area (Å²) in [5.74, 6) is 0. The lowest BCUT2D eigenvalue weighted by molar-refractivity contribution is 1.17. The molecule has 0 N–H and O–H groups in total. The van der Waals surface area contributed by atoms with Gasteiger partial charge in [-0.3, -0.25) is 0 Å². The zero-order valence-corrected chi connectivity index (χ0v) is 11.7. The van der Waals surface area contributed by atoms with Gasteiger partial charge in [0.2, 0.25) is 0 Å². The minimum Gasteiger partial charge on any atom is -0.236 e. The summed E-state index contributed by atoms with van der Waals surface area (Å²) in [6.07, 6.45) is 1.63. The summed E-state index contributed by atoms with van der Waals surface area (Å²) in [5.41, 5.74) is 6.67. The van der Waals surface area contributed by atoms with Crippen molar-refractivity contribution >= 4 is 0 Å². The van der Waals surface area contributed by atoms with Crippen LogP contribution in [0.25, 0.3) is 22.5 Å². The molecule has 0 aliphatic rings. The van der Waals surface area contributed by atoms with Gasteiger partial charge < -0.3 is 0 Å². The number of rotatable bonds is 2. The Bertz CT molecular complexity index is 713. The molecule has 0 atom stereocenters. The summed E-state index contributed by atoms with van der Waals surface area (Å²) < 4.78 is 0. The Morgan fingerprint density at radius 2 is 1.25 bits per heavy atom. The Hall–Kier alpha value is -2.48. The maximum atomic E-state index is 4.41. The van der Waals surface area contributed by atoms with Crippen LogP contribution < -0.4 is 0 Å². The lowest BCUT2D eigenvalue weighted by Gasteiger charge is -2.06. The molecule has 0 saturated carbocycles. The van der Waals surface area contributed by atoms with Crippen LogP contribution in [-0.4, -0.2) is 9.97 Å². The first-order valence-electron chi connectivity index (χ1n) is 6.68. The van der Waals surface area contributed by atoms with E-state index in [-0.39, 0.29) is 0 Å². The molecular formula is C18H16N2. The lowest BCUT2D eigenvalue weighted by Crippen LogP contribution is -1.90. The van der Waals surface area contributed by atoms with Gasteiger partial charge in [0.1, 0.15) is 6.33 Å². The molecule has 2 nitrogen and oxygen atoms in total. The van der Waals surface area contributed by atoms with Crippen LogP contribution in [0.3, 0.4) is 0 Å². The van der Waals surface area contributed by atoms with Gasteiger partial charge in [-0.2, -0.15) is 0 Å². The second-order valence-corrected chi connectivity index (χ2v) is 5.03. The van der Waals surface area contributed by atoms with E-state index in [9.17, 15) is 0 Å². The average molecular weight is 260 g/mol. The van der Waals surface area contributed by atoms with Gasteiger partial charge in [-0.25, -0.2) is 9.97 Å². The first kappa shape index (κ1) is 12.5. The van der Waals surface area contributed by atoms with Crippen molar-refractivity contribution in [3.63, 3.8) is 0 Å². The molecule has 3 aromatic rings. The molecular weight excluding hydrogens is 244 g/mol. The second-order valence-electron chi connectivity index (χ2n) is 5.03. The quantitative estimate of drug-likeness (QED) is 0.681. The van der Waals surface area contributed by atoms with E-state index in [1.807, 2.05) is 24.3 Å². The number of hydrogen-bond donors (Lipinski definition) is 0. The van der Waals surface area contributed by atoms with Crippen molar-refractivity contribution in [1.29, 1.82) is 0 Å². The van der Waals surface area contributed by atoms with Crippen LogP contribution in [0.4, 0.5) is 0 Å². The standard InChI is InChI=1S/C18H16N2/c1-13-8-14(2)10-16(9-13)18-11-17(19-12-20-18)15-6-4-3-5-7-15/h3-12H,1-2H3. The third-order valence-corrected chi connectivity index (χ3v) is 3.25. The fraction of sp³-hybridized carbons (Fsp3) is 0.111. The predicted octanol–water partition coefficient (Wildman–Crippen LogP) is 4.43. The van der Waals surface area contributed by atoms with Gasteiger partial charge in [0, 0.05) is 11.1 Å². The lowest BCUT2D eigenvalue weighted by atomic mass is 10.0. The minimum atomic E-state index is 0.953. The third-order valence-electron chi connectivity index (χ3n) is 3.25. The molecule has 0 amide bonds. The van der Waals surface area contributed by atoms with Crippen molar-refractivity contribution in [2.24, 2.45) is 0 Å². The van der Waals surface area contributed by atoms with Crippen LogP contribution in [0.5, 0.6) is 0 Å². The van der Waals surface area contributed by atoms with E-state index in [1.165, 1.54) is 11.1 Å². The van der Waals surface area contributed by atoms with Crippen molar-refractivity contribution in [3.05, 3.63) is 72.1 Å². The fourth-order valence-corrected chi connectivity index (χ4v) is 2.40. The van der Waals surface area contributed by atoms with Crippen molar-refractivity contribution < 1.29 is 0 Å². The zero-order chi connectivity index (χ0) is 13.9. The van der Waals surface area contributed by atoms with Crippen molar-refractivity contribution in [3.8, 4) is 22.5 Å². The highest BCUT2D eigenvalue weighted by Gasteiger charge is 2.05. The molecule has 0 unspecified atom stereocenters. The first-order valence-corrected chi connectivity index (χ1v) is 6.68. The molecule has 98 valence electrons. The van der Waals surface area contributed by atoms with E-state index in [4.69, 9.17) is 0 Å². The first-order chi connectivity index (χ1) is 9.72. The molecule has 0 aliphatic heterocycles. The molecule has 0 aliphatic carbocycles. The Kier molecular flexibility index (Phi) is 3.30. The van der Waals surface area contributed by atoms with E-state index in [2.05, 4.69) is 54.1 Å². The highest BCUT2D eigenvalue weighted by Crippen LogP contribution is 2.24. The van der Waals surface area contributed by atoms with Crippen LogP contribution >= 0.6 is 0 Å². The van der Waals surface area contributed by atoms with Crippen molar-refractivity contribution in [2.45, 2.75) is 13.8 Å². The Balaban J connectivity index is 2.07. The number of nitrogens with zero attached hydrogens (tertiary/aromatic N) is 2. The van der Waals surface area contributed by atoms with E-state index in [0.29, 0.717) is 0 Å². The van der Waals surface area contributed by atoms with Gasteiger partial charge in [-0.15, -0.1) is 0 Å². The van der Waals surface area contributed by atoms with Gasteiger partial charge >= 0.3 is 0 Å². The summed E-state index contributed by atoms with van der Waals surface area (Å²) in [6, 6.07) is 18.7. The highest BCUT2D eigenvalue weighted by molar-refractivity contribution is 5.68. The number of aromatic nitrogens is 2. The Labute approximate surface area is 119 Å². The van der Waals surface area contributed by atoms with E-state index >= 15 is 0 Å². The summed E-state index contributed by atoms with van der Waals surface area (Å²) in [5, 5.41) is 0. The monoisotopic (exact) mass is 260 g/mol. The normalized spacial score (nSPS) is 10.5. The SMILES string of the molecule is Cc1cc(C)cc(-c2cc(-c3ccccc3)ncn2)c1. The number of benzene rings is 2. The molecule has 0 spiro atoms. The molecule has 0 bridgehead atoms. The van der Waals surface area contributed by atoms with Crippen LogP contribution in [0.15, 0.2) is 60.9 Å². The van der Waals surface area contributed by atoms with E-state index < -0.39 is 0 Å².